The molecule has 0 saturated carbocycles. The molecular weight excluding hydrogens is 604 g/mol. The lowest BCUT2D eigenvalue weighted by Gasteiger charge is -2.32. The number of benzene rings is 1. The summed E-state index contributed by atoms with van der Waals surface area (Å²) < 4.78 is 25.8. The first kappa shape index (κ1) is 40.6. The summed E-state index contributed by atoms with van der Waals surface area (Å²) in [5, 5.41) is 29.9. The Morgan fingerprint density at radius 2 is 1.22 bits per heavy atom. The predicted octanol–water partition coefficient (Wildman–Crippen LogP) is 3.12. The standard InChI is InChI=1S/C32H52N2O12/c1-31(2,3)45-29(40)34(7)24(19-26(36)43-9)28(39)44-20-22-15-13-21(14-16-22)12-10-11-17-32(4,5)46-30(41)33(6)23(27(37)38)18-25(35)42-8/h13-16,23-24,27-28,37-39H,10-12,17-20H2,1-9H3/t23-,24-,28?/m0/s1. The van der Waals surface area contributed by atoms with Crippen molar-refractivity contribution in [1.82, 2.24) is 9.80 Å². The minimum atomic E-state index is -1.95. The summed E-state index contributed by atoms with van der Waals surface area (Å²) in [4.78, 5) is 50.8. The van der Waals surface area contributed by atoms with Gasteiger partial charge in [0.2, 0.25) is 0 Å². The zero-order valence-corrected chi connectivity index (χ0v) is 28.5. The predicted molar refractivity (Wildman–Crippen MR) is 166 cm³/mol. The number of aliphatic hydroxyl groups is 3. The number of hydrogen-bond donors (Lipinski definition) is 3. The highest BCUT2D eigenvalue weighted by Crippen LogP contribution is 2.22. The number of carbonyl (C=O) groups is 4. The number of aryl methyl sites for hydroxylation is 1. The van der Waals surface area contributed by atoms with Crippen molar-refractivity contribution in [2.24, 2.45) is 0 Å². The van der Waals surface area contributed by atoms with E-state index < -0.39 is 66.4 Å². The van der Waals surface area contributed by atoms with Crippen LogP contribution < -0.4 is 0 Å². The number of nitrogens with zero attached hydrogens (tertiary/aromatic N) is 2. The average Bonchev–Trinajstić information content (AvgIpc) is 2.97. The van der Waals surface area contributed by atoms with Gasteiger partial charge in [0.05, 0.1) is 45.8 Å². The first-order valence-electron chi connectivity index (χ1n) is 15.1. The van der Waals surface area contributed by atoms with Crippen molar-refractivity contribution < 1.29 is 58.2 Å². The molecule has 3 N–H and O–H groups in total. The van der Waals surface area contributed by atoms with Crippen LogP contribution in [0.15, 0.2) is 24.3 Å². The molecule has 0 aromatic heterocycles. The molecule has 0 heterocycles. The highest BCUT2D eigenvalue weighted by atomic mass is 16.6. The molecule has 0 saturated heterocycles. The van der Waals surface area contributed by atoms with E-state index in [2.05, 4.69) is 4.74 Å². The molecule has 0 aliphatic heterocycles. The molecule has 3 atom stereocenters. The van der Waals surface area contributed by atoms with Crippen LogP contribution in [0.4, 0.5) is 9.59 Å². The summed E-state index contributed by atoms with van der Waals surface area (Å²) in [6, 6.07) is 5.34. The van der Waals surface area contributed by atoms with Crippen molar-refractivity contribution >= 4 is 24.1 Å². The molecule has 2 amide bonds. The summed E-state index contributed by atoms with van der Waals surface area (Å²) in [5.74, 6) is -1.31. The van der Waals surface area contributed by atoms with E-state index in [1.807, 2.05) is 24.3 Å². The van der Waals surface area contributed by atoms with Gasteiger partial charge in [-0.25, -0.2) is 9.59 Å². The minimum Gasteiger partial charge on any atom is -0.469 e. The second-order valence-corrected chi connectivity index (χ2v) is 12.7. The zero-order chi connectivity index (χ0) is 35.2. The van der Waals surface area contributed by atoms with Gasteiger partial charge in [-0.1, -0.05) is 24.3 Å². The lowest BCUT2D eigenvalue weighted by atomic mass is 9.98. The molecular formula is C32H52N2O12. The minimum absolute atomic E-state index is 0.0308. The fraction of sp³-hybridized carbons (Fsp3) is 0.688. The van der Waals surface area contributed by atoms with Crippen LogP contribution in [-0.2, 0) is 46.3 Å². The van der Waals surface area contributed by atoms with Gasteiger partial charge in [-0.3, -0.25) is 9.59 Å². The Morgan fingerprint density at radius 3 is 1.72 bits per heavy atom. The third kappa shape index (κ3) is 14.8. The van der Waals surface area contributed by atoms with Crippen LogP contribution in [0.2, 0.25) is 0 Å². The number of likely N-dealkylation sites (N-methyl/N-ethyl adjacent to an activating group) is 2. The molecule has 1 aromatic carbocycles. The van der Waals surface area contributed by atoms with Crippen molar-refractivity contribution in [3.63, 3.8) is 0 Å². The number of rotatable bonds is 17. The summed E-state index contributed by atoms with van der Waals surface area (Å²) in [6.45, 7) is 8.68. The van der Waals surface area contributed by atoms with Crippen LogP contribution in [0, 0.1) is 0 Å². The highest BCUT2D eigenvalue weighted by molar-refractivity contribution is 5.73. The van der Waals surface area contributed by atoms with Crippen LogP contribution in [0.5, 0.6) is 0 Å². The highest BCUT2D eigenvalue weighted by Gasteiger charge is 2.34. The largest absolute Gasteiger partial charge is 0.469 e. The quantitative estimate of drug-likeness (QED) is 0.0966. The lowest BCUT2D eigenvalue weighted by molar-refractivity contribution is -0.162. The van der Waals surface area contributed by atoms with E-state index >= 15 is 0 Å². The molecule has 0 fully saturated rings. The number of unbranched alkanes of at least 4 members (excludes halogenated alkanes) is 1. The zero-order valence-electron chi connectivity index (χ0n) is 28.5. The van der Waals surface area contributed by atoms with Crippen LogP contribution in [-0.4, -0.2) is 113 Å². The normalized spacial score (nSPS) is 13.8. The first-order valence-corrected chi connectivity index (χ1v) is 15.1. The van der Waals surface area contributed by atoms with Crippen LogP contribution in [0.3, 0.4) is 0 Å². The lowest BCUT2D eigenvalue weighted by Crippen LogP contribution is -2.48. The molecule has 1 rings (SSSR count). The maximum atomic E-state index is 12.6. The monoisotopic (exact) mass is 656 g/mol. The second kappa shape index (κ2) is 18.6. The Labute approximate surface area is 271 Å². The van der Waals surface area contributed by atoms with E-state index in [1.54, 1.807) is 34.6 Å². The van der Waals surface area contributed by atoms with E-state index in [1.165, 1.54) is 28.3 Å². The third-order valence-electron chi connectivity index (χ3n) is 7.15. The maximum absolute atomic E-state index is 12.6. The van der Waals surface area contributed by atoms with Crippen LogP contribution in [0.1, 0.15) is 77.8 Å². The van der Waals surface area contributed by atoms with E-state index in [9.17, 15) is 34.5 Å². The number of esters is 2. The molecule has 46 heavy (non-hydrogen) atoms. The smallest absolute Gasteiger partial charge is 0.410 e. The first-order chi connectivity index (χ1) is 21.3. The van der Waals surface area contributed by atoms with Crippen molar-refractivity contribution in [2.75, 3.05) is 28.3 Å². The molecule has 0 aliphatic rings. The number of ether oxygens (including phenoxy) is 5. The third-order valence-corrected chi connectivity index (χ3v) is 7.15. The van der Waals surface area contributed by atoms with E-state index in [-0.39, 0.29) is 13.0 Å². The van der Waals surface area contributed by atoms with Gasteiger partial charge < -0.3 is 48.8 Å². The van der Waals surface area contributed by atoms with Crippen molar-refractivity contribution in [1.29, 1.82) is 0 Å². The topological polar surface area (TPSA) is 182 Å². The number of aliphatic hydroxyl groups excluding tert-OH is 2. The van der Waals surface area contributed by atoms with E-state index in [0.717, 1.165) is 40.2 Å². The average molecular weight is 657 g/mol. The molecule has 14 heteroatoms. The van der Waals surface area contributed by atoms with Gasteiger partial charge in [0.15, 0.2) is 12.6 Å². The molecule has 0 aliphatic carbocycles. The molecule has 0 bridgehead atoms. The maximum Gasteiger partial charge on any atom is 0.410 e. The van der Waals surface area contributed by atoms with Gasteiger partial charge in [0.1, 0.15) is 11.2 Å². The van der Waals surface area contributed by atoms with E-state index in [0.29, 0.717) is 6.42 Å². The fourth-order valence-electron chi connectivity index (χ4n) is 4.32. The molecule has 1 unspecified atom stereocenters. The van der Waals surface area contributed by atoms with Crippen molar-refractivity contribution in [2.45, 2.75) is 116 Å². The summed E-state index contributed by atoms with van der Waals surface area (Å²) in [7, 11) is 5.12. The SMILES string of the molecule is COC(=O)C[C@@H](C(O)O)N(C)C(=O)OC(C)(C)CCCCc1ccc(COC(O)[C@H](CC(=O)OC)N(C)C(=O)OC(C)(C)C)cc1. The fourth-order valence-corrected chi connectivity index (χ4v) is 4.32. The Balaban J connectivity index is 2.64. The van der Waals surface area contributed by atoms with Gasteiger partial charge in [0.25, 0.3) is 0 Å². The van der Waals surface area contributed by atoms with Crippen LogP contribution >= 0.6 is 0 Å². The number of amides is 2. The van der Waals surface area contributed by atoms with Gasteiger partial charge in [-0.2, -0.15) is 0 Å². The Morgan fingerprint density at radius 1 is 0.739 bits per heavy atom. The number of carbonyl (C=O) groups excluding carboxylic acids is 4. The Kier molecular flexibility index (Phi) is 16.4. The Bertz CT molecular complexity index is 1120. The summed E-state index contributed by atoms with van der Waals surface area (Å²) >= 11 is 0. The second-order valence-electron chi connectivity index (χ2n) is 12.7. The van der Waals surface area contributed by atoms with Crippen molar-refractivity contribution in [3.8, 4) is 0 Å². The van der Waals surface area contributed by atoms with E-state index in [4.69, 9.17) is 18.9 Å². The van der Waals surface area contributed by atoms with Gasteiger partial charge in [0, 0.05) is 14.1 Å². The molecule has 14 nitrogen and oxygen atoms in total. The van der Waals surface area contributed by atoms with Gasteiger partial charge >= 0.3 is 24.1 Å². The molecule has 0 spiro atoms. The number of methoxy groups -OCH3 is 2. The Hall–Kier alpha value is -3.46. The summed E-state index contributed by atoms with van der Waals surface area (Å²) in [5.41, 5.74) is 0.232. The molecule has 0 radical (unpaired) electrons. The van der Waals surface area contributed by atoms with Crippen LogP contribution in [0.25, 0.3) is 0 Å². The van der Waals surface area contributed by atoms with Gasteiger partial charge in [-0.15, -0.1) is 0 Å². The number of hydrogen-bond acceptors (Lipinski definition) is 12. The van der Waals surface area contributed by atoms with Gasteiger partial charge in [-0.05, 0) is 71.4 Å². The summed E-state index contributed by atoms with van der Waals surface area (Å²) in [6.07, 6.45) is -2.78. The molecule has 1 aromatic rings. The molecule has 262 valence electrons. The van der Waals surface area contributed by atoms with Crippen molar-refractivity contribution in [3.05, 3.63) is 35.4 Å².